The second-order valence-electron chi connectivity index (χ2n) is 8.02. The number of amides is 2. The van der Waals surface area contributed by atoms with Crippen LogP contribution in [0.4, 0.5) is 5.13 Å². The van der Waals surface area contributed by atoms with Crippen LogP contribution in [-0.2, 0) is 22.7 Å². The molecule has 182 valence electrons. The van der Waals surface area contributed by atoms with E-state index in [0.29, 0.717) is 28.6 Å². The minimum Gasteiger partial charge on any atom is -0.483 e. The first-order valence-corrected chi connectivity index (χ1v) is 12.8. The molecule has 0 saturated carbocycles. The molecule has 0 aliphatic heterocycles. The van der Waals surface area contributed by atoms with Crippen molar-refractivity contribution in [3.8, 4) is 5.75 Å². The van der Waals surface area contributed by atoms with Crippen LogP contribution in [0, 0.1) is 13.8 Å². The number of carbonyl (C=O) groups is 2. The summed E-state index contributed by atoms with van der Waals surface area (Å²) >= 11 is 2.72. The molecule has 0 unspecified atom stereocenters. The van der Waals surface area contributed by atoms with E-state index in [1.54, 1.807) is 6.20 Å². The lowest BCUT2D eigenvalue weighted by Crippen LogP contribution is -2.29. The fraction of sp³-hybridized carbons (Fsp3) is 0.435. The number of anilines is 1. The van der Waals surface area contributed by atoms with Crippen molar-refractivity contribution in [2.45, 2.75) is 58.8 Å². The highest BCUT2D eigenvalue weighted by Crippen LogP contribution is 2.27. The predicted molar refractivity (Wildman–Crippen MR) is 135 cm³/mol. The summed E-state index contributed by atoms with van der Waals surface area (Å²) in [5.41, 5.74) is 2.15. The lowest BCUT2D eigenvalue weighted by Gasteiger charge is -2.15. The van der Waals surface area contributed by atoms with E-state index in [2.05, 4.69) is 39.7 Å². The van der Waals surface area contributed by atoms with Gasteiger partial charge in [0.25, 0.3) is 5.91 Å². The van der Waals surface area contributed by atoms with Gasteiger partial charge in [-0.25, -0.2) is 4.98 Å². The Bertz CT molecular complexity index is 1140. The zero-order valence-electron chi connectivity index (χ0n) is 20.0. The number of nitrogens with zero attached hydrogens (tertiary/aromatic N) is 4. The molecule has 0 saturated heterocycles. The molecule has 34 heavy (non-hydrogen) atoms. The highest BCUT2D eigenvalue weighted by molar-refractivity contribution is 7.99. The van der Waals surface area contributed by atoms with E-state index in [-0.39, 0.29) is 30.7 Å². The Kier molecular flexibility index (Phi) is 9.05. The Morgan fingerprint density at radius 2 is 2.00 bits per heavy atom. The number of aromatic nitrogens is 4. The third kappa shape index (κ3) is 7.04. The minimum absolute atomic E-state index is 0.0819. The molecular formula is C23H30N6O3S2. The monoisotopic (exact) mass is 502 g/mol. The van der Waals surface area contributed by atoms with Crippen LogP contribution >= 0.6 is 23.1 Å². The average Bonchev–Trinajstić information content (AvgIpc) is 3.39. The summed E-state index contributed by atoms with van der Waals surface area (Å²) in [6.45, 7) is 10.8. The normalized spacial score (nSPS) is 11.0. The summed E-state index contributed by atoms with van der Waals surface area (Å²) in [4.78, 5) is 29.8. The van der Waals surface area contributed by atoms with Gasteiger partial charge in [0.15, 0.2) is 22.7 Å². The number of hydrogen-bond acceptors (Lipinski definition) is 8. The van der Waals surface area contributed by atoms with Crippen LogP contribution in [0.2, 0.25) is 0 Å². The number of benzene rings is 1. The maximum Gasteiger partial charge on any atom is 0.258 e. The molecule has 0 atom stereocenters. The van der Waals surface area contributed by atoms with Gasteiger partial charge in [-0.15, -0.1) is 21.5 Å². The molecule has 0 bridgehead atoms. The number of ether oxygens (including phenoxy) is 1. The summed E-state index contributed by atoms with van der Waals surface area (Å²) in [6.07, 6.45) is 1.72. The number of thioether (sulfide) groups is 1. The maximum absolute atomic E-state index is 12.4. The summed E-state index contributed by atoms with van der Waals surface area (Å²) < 4.78 is 7.68. The molecule has 3 aromatic rings. The SMILES string of the molecule is CCn1c(CNC(=O)COc2cc(C)ccc2C(C)C)nnc1SCC(=O)Nc1ncc(C)s1. The molecular weight excluding hydrogens is 472 g/mol. The van der Waals surface area contributed by atoms with Gasteiger partial charge in [0.1, 0.15) is 5.75 Å². The van der Waals surface area contributed by atoms with Crippen LogP contribution in [0.5, 0.6) is 5.75 Å². The highest BCUT2D eigenvalue weighted by Gasteiger charge is 2.15. The quantitative estimate of drug-likeness (QED) is 0.382. The third-order valence-corrected chi connectivity index (χ3v) is 6.70. The van der Waals surface area contributed by atoms with Crippen molar-refractivity contribution < 1.29 is 14.3 Å². The number of rotatable bonds is 11. The highest BCUT2D eigenvalue weighted by atomic mass is 32.2. The second kappa shape index (κ2) is 12.0. The Morgan fingerprint density at radius 1 is 1.21 bits per heavy atom. The predicted octanol–water partition coefficient (Wildman–Crippen LogP) is 3.92. The largest absolute Gasteiger partial charge is 0.483 e. The van der Waals surface area contributed by atoms with Crippen molar-refractivity contribution >= 4 is 40.0 Å². The van der Waals surface area contributed by atoms with Crippen molar-refractivity contribution in [3.63, 3.8) is 0 Å². The first kappa shape index (κ1) is 25.7. The topological polar surface area (TPSA) is 111 Å². The Hall–Kier alpha value is -2.92. The number of hydrogen-bond donors (Lipinski definition) is 2. The van der Waals surface area contributed by atoms with E-state index in [1.807, 2.05) is 43.5 Å². The molecule has 11 heteroatoms. The first-order valence-electron chi connectivity index (χ1n) is 11.0. The van der Waals surface area contributed by atoms with Crippen molar-refractivity contribution in [1.82, 2.24) is 25.1 Å². The fourth-order valence-corrected chi connectivity index (χ4v) is 4.69. The zero-order chi connectivity index (χ0) is 24.7. The van der Waals surface area contributed by atoms with E-state index in [4.69, 9.17) is 4.74 Å². The zero-order valence-corrected chi connectivity index (χ0v) is 21.7. The smallest absolute Gasteiger partial charge is 0.258 e. The summed E-state index contributed by atoms with van der Waals surface area (Å²) in [7, 11) is 0. The summed E-state index contributed by atoms with van der Waals surface area (Å²) in [5.74, 6) is 1.43. The maximum atomic E-state index is 12.4. The van der Waals surface area contributed by atoms with Gasteiger partial charge in [0.2, 0.25) is 5.91 Å². The van der Waals surface area contributed by atoms with Crippen LogP contribution in [0.3, 0.4) is 0 Å². The molecule has 2 N–H and O–H groups in total. The van der Waals surface area contributed by atoms with Gasteiger partial charge in [-0.2, -0.15) is 0 Å². The molecule has 3 rings (SSSR count). The molecule has 0 fully saturated rings. The van der Waals surface area contributed by atoms with Crippen molar-refractivity contribution in [3.05, 3.63) is 46.2 Å². The molecule has 0 spiro atoms. The van der Waals surface area contributed by atoms with Crippen LogP contribution in [0.25, 0.3) is 0 Å². The van der Waals surface area contributed by atoms with Crippen molar-refractivity contribution in [2.75, 3.05) is 17.7 Å². The average molecular weight is 503 g/mol. The third-order valence-electron chi connectivity index (χ3n) is 4.90. The lowest BCUT2D eigenvalue weighted by atomic mass is 10.0. The van der Waals surface area contributed by atoms with Crippen molar-refractivity contribution in [1.29, 1.82) is 0 Å². The van der Waals surface area contributed by atoms with Gasteiger partial charge in [-0.05, 0) is 43.9 Å². The number of carbonyl (C=O) groups excluding carboxylic acids is 2. The molecule has 0 aliphatic rings. The lowest BCUT2D eigenvalue weighted by molar-refractivity contribution is -0.123. The van der Waals surface area contributed by atoms with Gasteiger partial charge < -0.3 is 19.9 Å². The molecule has 1 aromatic carbocycles. The summed E-state index contributed by atoms with van der Waals surface area (Å²) in [6, 6.07) is 6.03. The first-order chi connectivity index (χ1) is 16.3. The van der Waals surface area contributed by atoms with E-state index in [0.717, 1.165) is 21.8 Å². The van der Waals surface area contributed by atoms with Crippen LogP contribution in [-0.4, -0.2) is 43.9 Å². The van der Waals surface area contributed by atoms with Gasteiger partial charge in [0, 0.05) is 17.6 Å². The van der Waals surface area contributed by atoms with E-state index >= 15 is 0 Å². The Labute approximate surface area is 207 Å². The van der Waals surface area contributed by atoms with E-state index in [1.165, 1.54) is 23.1 Å². The van der Waals surface area contributed by atoms with Crippen LogP contribution in [0.15, 0.2) is 29.6 Å². The van der Waals surface area contributed by atoms with Crippen molar-refractivity contribution in [2.24, 2.45) is 0 Å². The minimum atomic E-state index is -0.241. The molecule has 0 aliphatic carbocycles. The van der Waals surface area contributed by atoms with E-state index in [9.17, 15) is 9.59 Å². The van der Waals surface area contributed by atoms with Crippen LogP contribution < -0.4 is 15.4 Å². The molecule has 2 amide bonds. The summed E-state index contributed by atoms with van der Waals surface area (Å²) in [5, 5.41) is 15.2. The molecule has 0 radical (unpaired) electrons. The Balaban J connectivity index is 1.51. The van der Waals surface area contributed by atoms with Gasteiger partial charge >= 0.3 is 0 Å². The van der Waals surface area contributed by atoms with E-state index < -0.39 is 0 Å². The fourth-order valence-electron chi connectivity index (χ4n) is 3.19. The van der Waals surface area contributed by atoms with Crippen LogP contribution in [0.1, 0.15) is 48.5 Å². The van der Waals surface area contributed by atoms with Gasteiger partial charge in [-0.3, -0.25) is 9.59 Å². The number of aryl methyl sites for hydroxylation is 2. The number of thiazole rings is 1. The molecule has 9 nitrogen and oxygen atoms in total. The standard InChI is InChI=1S/C23H30N6O3S2/c1-6-29-19(27-28-23(29)33-13-21(31)26-22-25-10-16(5)34-22)11-24-20(30)12-32-18-9-15(4)7-8-17(18)14(2)3/h7-10,14H,6,11-13H2,1-5H3,(H,24,30)(H,25,26,31). The second-order valence-corrected chi connectivity index (χ2v) is 10.2. The number of nitrogens with one attached hydrogen (secondary N) is 2. The van der Waals surface area contributed by atoms with Gasteiger partial charge in [-0.1, -0.05) is 37.7 Å². The Morgan fingerprint density at radius 3 is 2.68 bits per heavy atom. The van der Waals surface area contributed by atoms with Gasteiger partial charge in [0.05, 0.1) is 12.3 Å². The molecule has 2 heterocycles. The molecule has 2 aromatic heterocycles.